The van der Waals surface area contributed by atoms with Gasteiger partial charge in [-0.1, -0.05) is 33.1 Å². The van der Waals surface area contributed by atoms with Crippen LogP contribution in [0.1, 0.15) is 52.4 Å². The summed E-state index contributed by atoms with van der Waals surface area (Å²) in [5.74, 6) is -0.332. The second-order valence-electron chi connectivity index (χ2n) is 5.80. The summed E-state index contributed by atoms with van der Waals surface area (Å²) < 4.78 is 0. The molecule has 1 atom stereocenters. The zero-order valence-electron chi connectivity index (χ0n) is 11.9. The first-order valence-electron chi connectivity index (χ1n) is 7.28. The number of carboxylic acids is 1. The number of carboxylic acid groups (broad SMARTS) is 1. The lowest BCUT2D eigenvalue weighted by Crippen LogP contribution is -2.50. The molecule has 1 aliphatic carbocycles. The van der Waals surface area contributed by atoms with Crippen LogP contribution >= 0.6 is 0 Å². The van der Waals surface area contributed by atoms with Gasteiger partial charge in [0.05, 0.1) is 0 Å². The molecule has 0 aliphatic heterocycles. The summed E-state index contributed by atoms with van der Waals surface area (Å²) >= 11 is 0. The van der Waals surface area contributed by atoms with Crippen LogP contribution in [-0.4, -0.2) is 29.7 Å². The van der Waals surface area contributed by atoms with Crippen LogP contribution in [0.4, 0.5) is 4.79 Å². The number of amides is 2. The van der Waals surface area contributed by atoms with Gasteiger partial charge in [0.1, 0.15) is 6.04 Å². The molecule has 3 N–H and O–H groups in total. The molecule has 19 heavy (non-hydrogen) atoms. The maximum Gasteiger partial charge on any atom is 0.326 e. The van der Waals surface area contributed by atoms with Crippen molar-refractivity contribution in [2.24, 2.45) is 11.8 Å². The van der Waals surface area contributed by atoms with Crippen molar-refractivity contribution in [2.45, 2.75) is 58.4 Å². The first-order valence-corrected chi connectivity index (χ1v) is 7.28. The number of hydrogen-bond acceptors (Lipinski definition) is 2. The Morgan fingerprint density at radius 2 is 1.84 bits per heavy atom. The summed E-state index contributed by atoms with van der Waals surface area (Å²) in [7, 11) is 0. The fourth-order valence-corrected chi connectivity index (χ4v) is 2.52. The maximum atomic E-state index is 11.7. The molecule has 1 unspecified atom stereocenters. The van der Waals surface area contributed by atoms with Crippen LogP contribution in [0.5, 0.6) is 0 Å². The maximum absolute atomic E-state index is 11.7. The van der Waals surface area contributed by atoms with Crippen LogP contribution in [0.15, 0.2) is 0 Å². The van der Waals surface area contributed by atoms with Gasteiger partial charge in [0.15, 0.2) is 0 Å². The molecule has 0 spiro atoms. The van der Waals surface area contributed by atoms with Crippen molar-refractivity contribution in [1.82, 2.24) is 10.6 Å². The molecule has 0 bridgehead atoms. The number of aliphatic carboxylic acids is 1. The van der Waals surface area contributed by atoms with E-state index in [4.69, 9.17) is 0 Å². The van der Waals surface area contributed by atoms with E-state index in [9.17, 15) is 14.7 Å². The van der Waals surface area contributed by atoms with Gasteiger partial charge in [-0.25, -0.2) is 9.59 Å². The first kappa shape index (κ1) is 15.8. The Kier molecular flexibility index (Phi) is 6.67. The second-order valence-corrected chi connectivity index (χ2v) is 5.80. The van der Waals surface area contributed by atoms with Gasteiger partial charge in [0, 0.05) is 6.54 Å². The number of hydrogen-bond donors (Lipinski definition) is 3. The Bertz CT molecular complexity index is 299. The van der Waals surface area contributed by atoms with E-state index in [1.54, 1.807) is 0 Å². The van der Waals surface area contributed by atoms with Crippen molar-refractivity contribution < 1.29 is 14.7 Å². The SMILES string of the molecule is CC(C)CCNC(=O)NC(C(=O)O)C1CCCCC1. The van der Waals surface area contributed by atoms with Crippen molar-refractivity contribution in [3.8, 4) is 0 Å². The Morgan fingerprint density at radius 1 is 1.21 bits per heavy atom. The van der Waals surface area contributed by atoms with Gasteiger partial charge in [-0.15, -0.1) is 0 Å². The monoisotopic (exact) mass is 270 g/mol. The average Bonchev–Trinajstić information content (AvgIpc) is 2.36. The third-order valence-corrected chi connectivity index (χ3v) is 3.68. The summed E-state index contributed by atoms with van der Waals surface area (Å²) in [5.41, 5.74) is 0. The Hall–Kier alpha value is -1.26. The molecule has 0 saturated heterocycles. The van der Waals surface area contributed by atoms with Gasteiger partial charge in [0.25, 0.3) is 0 Å². The standard InChI is InChI=1S/C14H26N2O3/c1-10(2)8-9-15-14(19)16-12(13(17)18)11-6-4-3-5-7-11/h10-12H,3-9H2,1-2H3,(H,17,18)(H2,15,16,19). The third-order valence-electron chi connectivity index (χ3n) is 3.68. The zero-order chi connectivity index (χ0) is 14.3. The predicted molar refractivity (Wildman–Crippen MR) is 74.0 cm³/mol. The van der Waals surface area contributed by atoms with E-state index >= 15 is 0 Å². The lowest BCUT2D eigenvalue weighted by atomic mass is 9.84. The van der Waals surface area contributed by atoms with Crippen LogP contribution in [0.25, 0.3) is 0 Å². The molecular formula is C14H26N2O3. The summed E-state index contributed by atoms with van der Waals surface area (Å²) in [6.07, 6.45) is 5.97. The Labute approximate surface area is 115 Å². The molecule has 0 aromatic heterocycles. The van der Waals surface area contributed by atoms with Gasteiger partial charge in [0.2, 0.25) is 0 Å². The van der Waals surface area contributed by atoms with E-state index < -0.39 is 12.0 Å². The molecule has 0 radical (unpaired) electrons. The minimum Gasteiger partial charge on any atom is -0.480 e. The molecule has 1 aliphatic rings. The molecule has 1 fully saturated rings. The van der Waals surface area contributed by atoms with Crippen LogP contribution in [0.3, 0.4) is 0 Å². The number of urea groups is 1. The number of carbonyl (C=O) groups excluding carboxylic acids is 1. The first-order chi connectivity index (χ1) is 9.00. The molecule has 0 aromatic carbocycles. The number of rotatable bonds is 6. The quantitative estimate of drug-likeness (QED) is 0.693. The molecule has 0 heterocycles. The van der Waals surface area contributed by atoms with Crippen molar-refractivity contribution in [3.05, 3.63) is 0 Å². The summed E-state index contributed by atoms with van der Waals surface area (Å²) in [4.78, 5) is 23.0. The van der Waals surface area contributed by atoms with Gasteiger partial charge in [-0.3, -0.25) is 0 Å². The molecule has 1 rings (SSSR count). The lowest BCUT2D eigenvalue weighted by molar-refractivity contribution is -0.141. The van der Waals surface area contributed by atoms with Crippen LogP contribution in [0.2, 0.25) is 0 Å². The second kappa shape index (κ2) is 8.02. The summed E-state index contributed by atoms with van der Waals surface area (Å²) in [6, 6.07) is -1.11. The molecular weight excluding hydrogens is 244 g/mol. The molecule has 1 saturated carbocycles. The highest BCUT2D eigenvalue weighted by Crippen LogP contribution is 2.26. The normalized spacial score (nSPS) is 18.1. The molecule has 110 valence electrons. The van der Waals surface area contributed by atoms with E-state index in [-0.39, 0.29) is 11.9 Å². The topological polar surface area (TPSA) is 78.4 Å². The van der Waals surface area contributed by atoms with E-state index in [1.807, 2.05) is 0 Å². The summed E-state index contributed by atoms with van der Waals surface area (Å²) in [6.45, 7) is 4.75. The van der Waals surface area contributed by atoms with Crippen molar-refractivity contribution >= 4 is 12.0 Å². The average molecular weight is 270 g/mol. The highest BCUT2D eigenvalue weighted by Gasteiger charge is 2.30. The molecule has 0 aromatic rings. The van der Waals surface area contributed by atoms with E-state index in [0.29, 0.717) is 12.5 Å². The van der Waals surface area contributed by atoms with Gasteiger partial charge in [-0.2, -0.15) is 0 Å². The predicted octanol–water partition coefficient (Wildman–Crippen LogP) is 2.37. The lowest BCUT2D eigenvalue weighted by Gasteiger charge is -2.28. The van der Waals surface area contributed by atoms with E-state index in [1.165, 1.54) is 6.42 Å². The highest BCUT2D eigenvalue weighted by atomic mass is 16.4. The van der Waals surface area contributed by atoms with Crippen molar-refractivity contribution in [1.29, 1.82) is 0 Å². The highest BCUT2D eigenvalue weighted by molar-refractivity contribution is 5.82. The van der Waals surface area contributed by atoms with Crippen LogP contribution in [0, 0.1) is 11.8 Å². The number of carbonyl (C=O) groups is 2. The van der Waals surface area contributed by atoms with Gasteiger partial charge in [-0.05, 0) is 31.1 Å². The minimum atomic E-state index is -0.925. The smallest absolute Gasteiger partial charge is 0.326 e. The van der Waals surface area contributed by atoms with Gasteiger partial charge >= 0.3 is 12.0 Å². The van der Waals surface area contributed by atoms with E-state index in [2.05, 4.69) is 24.5 Å². The minimum absolute atomic E-state index is 0.0714. The molecule has 5 nitrogen and oxygen atoms in total. The zero-order valence-corrected chi connectivity index (χ0v) is 11.9. The van der Waals surface area contributed by atoms with Crippen LogP contribution in [-0.2, 0) is 4.79 Å². The van der Waals surface area contributed by atoms with Crippen LogP contribution < -0.4 is 10.6 Å². The van der Waals surface area contributed by atoms with Gasteiger partial charge < -0.3 is 15.7 Å². The fourth-order valence-electron chi connectivity index (χ4n) is 2.52. The van der Waals surface area contributed by atoms with E-state index in [0.717, 1.165) is 32.1 Å². The molecule has 2 amide bonds. The largest absolute Gasteiger partial charge is 0.480 e. The van der Waals surface area contributed by atoms with Crippen molar-refractivity contribution in [2.75, 3.05) is 6.54 Å². The third kappa shape index (κ3) is 5.94. The number of nitrogens with one attached hydrogen (secondary N) is 2. The Morgan fingerprint density at radius 3 is 2.37 bits per heavy atom. The summed E-state index contributed by atoms with van der Waals surface area (Å²) in [5, 5.41) is 14.6. The van der Waals surface area contributed by atoms with Crippen molar-refractivity contribution in [3.63, 3.8) is 0 Å². The fraction of sp³-hybridized carbons (Fsp3) is 0.857. The molecule has 5 heteroatoms. The Balaban J connectivity index is 2.39.